The lowest BCUT2D eigenvalue weighted by atomic mass is 9.70. The summed E-state index contributed by atoms with van der Waals surface area (Å²) in [4.78, 5) is 4.89. The van der Waals surface area contributed by atoms with E-state index in [9.17, 15) is 23.4 Å². The van der Waals surface area contributed by atoms with E-state index in [0.29, 0.717) is 28.8 Å². The second-order valence-corrected chi connectivity index (χ2v) is 12.3. The first-order valence-corrected chi connectivity index (χ1v) is 14.4. The van der Waals surface area contributed by atoms with Gasteiger partial charge in [0.1, 0.15) is 6.10 Å². The van der Waals surface area contributed by atoms with Crippen molar-refractivity contribution in [1.82, 2.24) is 4.98 Å². The van der Waals surface area contributed by atoms with Crippen LogP contribution < -0.4 is 0 Å². The van der Waals surface area contributed by atoms with Crippen LogP contribution in [0.1, 0.15) is 137 Å². The van der Waals surface area contributed by atoms with Gasteiger partial charge in [-0.05, 0) is 78.7 Å². The van der Waals surface area contributed by atoms with Gasteiger partial charge in [-0.2, -0.15) is 13.2 Å². The number of benzene rings is 1. The number of aliphatic hydroxyl groups is 2. The van der Waals surface area contributed by atoms with Crippen molar-refractivity contribution < 1.29 is 23.4 Å². The van der Waals surface area contributed by atoms with Crippen LogP contribution in [0.5, 0.6) is 0 Å². The number of hydrogen-bond donors (Lipinski definition) is 2. The van der Waals surface area contributed by atoms with Gasteiger partial charge in [-0.1, -0.05) is 72.6 Å². The second kappa shape index (κ2) is 14.0. The largest absolute Gasteiger partial charge is 0.416 e. The lowest BCUT2D eigenvalue weighted by Gasteiger charge is -2.38. The molecule has 1 aromatic heterocycles. The zero-order valence-electron chi connectivity index (χ0n) is 25.2. The highest BCUT2D eigenvalue weighted by Gasteiger charge is 2.39. The molecule has 0 spiro atoms. The van der Waals surface area contributed by atoms with Crippen molar-refractivity contribution in [2.45, 2.75) is 111 Å². The van der Waals surface area contributed by atoms with Crippen LogP contribution in [0.25, 0.3) is 5.57 Å². The Labute approximate surface area is 239 Å². The van der Waals surface area contributed by atoms with Gasteiger partial charge in [-0.3, -0.25) is 4.98 Å². The maximum Gasteiger partial charge on any atom is 0.416 e. The zero-order chi connectivity index (χ0) is 30.4. The van der Waals surface area contributed by atoms with Crippen molar-refractivity contribution >= 4 is 5.57 Å². The summed E-state index contributed by atoms with van der Waals surface area (Å²) in [6.07, 6.45) is 0.386. The molecule has 222 valence electrons. The number of fused-ring (bicyclic) bond motifs is 1. The number of hydrogen-bond acceptors (Lipinski definition) is 3. The average Bonchev–Trinajstić information content (AvgIpc) is 3.42. The number of allylic oxidation sites excluding steroid dienone is 1. The minimum atomic E-state index is -4.44. The molecule has 0 bridgehead atoms. The van der Waals surface area contributed by atoms with Crippen molar-refractivity contribution in [1.29, 1.82) is 0 Å². The monoisotopic (exact) mass is 559 g/mol. The van der Waals surface area contributed by atoms with Gasteiger partial charge in [-0.15, -0.1) is 13.2 Å². The molecule has 0 aliphatic heterocycles. The molecule has 2 aliphatic carbocycles. The summed E-state index contributed by atoms with van der Waals surface area (Å²) in [7, 11) is 0. The Kier molecular flexibility index (Phi) is 11.8. The Morgan fingerprint density at radius 1 is 1.07 bits per heavy atom. The number of nitrogens with zero attached hydrogens (tertiary/aromatic N) is 1. The molecule has 2 aliphatic rings. The van der Waals surface area contributed by atoms with E-state index < -0.39 is 23.9 Å². The Balaban J connectivity index is 0.000000722. The van der Waals surface area contributed by atoms with Gasteiger partial charge in [0.2, 0.25) is 0 Å². The minimum absolute atomic E-state index is 0.105. The third kappa shape index (κ3) is 8.07. The third-order valence-corrected chi connectivity index (χ3v) is 7.93. The molecule has 2 aromatic rings. The number of aliphatic hydroxyl groups excluding tert-OH is 2. The lowest BCUT2D eigenvalue weighted by Crippen LogP contribution is -2.30. The van der Waals surface area contributed by atoms with Gasteiger partial charge in [-0.25, -0.2) is 0 Å². The fraction of sp³-hybridized carbons (Fsp3) is 0.559. The van der Waals surface area contributed by atoms with E-state index in [1.165, 1.54) is 18.6 Å². The Hall–Kier alpha value is -2.44. The van der Waals surface area contributed by atoms with E-state index in [-0.39, 0.29) is 11.3 Å². The Morgan fingerprint density at radius 2 is 1.60 bits per heavy atom. The summed E-state index contributed by atoms with van der Waals surface area (Å²) >= 11 is 0. The van der Waals surface area contributed by atoms with Crippen LogP contribution in [-0.4, -0.2) is 15.2 Å². The van der Waals surface area contributed by atoms with E-state index in [1.54, 1.807) is 0 Å². The molecule has 2 atom stereocenters. The maximum absolute atomic E-state index is 13.1. The van der Waals surface area contributed by atoms with Gasteiger partial charge in [0.05, 0.1) is 17.4 Å². The smallest absolute Gasteiger partial charge is 0.388 e. The molecule has 1 saturated carbocycles. The van der Waals surface area contributed by atoms with Crippen LogP contribution in [0, 0.1) is 11.3 Å². The van der Waals surface area contributed by atoms with E-state index in [1.807, 2.05) is 6.92 Å². The molecule has 2 unspecified atom stereocenters. The summed E-state index contributed by atoms with van der Waals surface area (Å²) in [5, 5.41) is 22.7. The minimum Gasteiger partial charge on any atom is -0.388 e. The number of rotatable bonds is 5. The second-order valence-electron chi connectivity index (χ2n) is 12.3. The molecule has 1 fully saturated rings. The first kappa shape index (κ1) is 33.8. The zero-order valence-corrected chi connectivity index (χ0v) is 25.2. The predicted octanol–water partition coefficient (Wildman–Crippen LogP) is 9.73. The average molecular weight is 560 g/mol. The standard InChI is InChI=1S/C27H32F3NO2.C5H12.C2H4/c1-15(2)24-23(25(33)17-9-11-18(12-10-17)27(28,29)30)21(16-7-5-6-8-16)22-19(31-24)13-26(3,4)14-20(22)32;1-4-5(2)3;1-2/h9-12,16,20,25,32-33H,1,5-8,13-14H2,2-4H3;5H,4H2,1-3H3;1-2H2. The number of halogens is 3. The highest BCUT2D eigenvalue weighted by molar-refractivity contribution is 5.66. The van der Waals surface area contributed by atoms with Crippen molar-refractivity contribution in [2.24, 2.45) is 11.3 Å². The highest BCUT2D eigenvalue weighted by atomic mass is 19.4. The van der Waals surface area contributed by atoms with Gasteiger partial charge in [0, 0.05) is 16.8 Å². The van der Waals surface area contributed by atoms with Crippen LogP contribution in [0.4, 0.5) is 13.2 Å². The lowest BCUT2D eigenvalue weighted by molar-refractivity contribution is -0.137. The van der Waals surface area contributed by atoms with E-state index in [2.05, 4.69) is 54.4 Å². The van der Waals surface area contributed by atoms with Crippen LogP contribution >= 0.6 is 0 Å². The Bertz CT molecular complexity index is 1130. The quantitative estimate of drug-likeness (QED) is 0.359. The number of aromatic nitrogens is 1. The van der Waals surface area contributed by atoms with Crippen LogP contribution in [-0.2, 0) is 12.6 Å². The fourth-order valence-electron chi connectivity index (χ4n) is 5.62. The van der Waals surface area contributed by atoms with Gasteiger partial charge in [0.15, 0.2) is 0 Å². The predicted molar refractivity (Wildman–Crippen MR) is 159 cm³/mol. The normalized spacial score (nSPS) is 19.1. The van der Waals surface area contributed by atoms with Gasteiger partial charge >= 0.3 is 6.18 Å². The van der Waals surface area contributed by atoms with Crippen LogP contribution in [0.15, 0.2) is 44.0 Å². The molecule has 2 N–H and O–H groups in total. The molecule has 1 aromatic carbocycles. The van der Waals surface area contributed by atoms with Crippen LogP contribution in [0.3, 0.4) is 0 Å². The first-order valence-electron chi connectivity index (χ1n) is 14.4. The Morgan fingerprint density at radius 3 is 2.05 bits per heavy atom. The summed E-state index contributed by atoms with van der Waals surface area (Å²) in [6.45, 7) is 22.8. The molecule has 40 heavy (non-hydrogen) atoms. The third-order valence-electron chi connectivity index (χ3n) is 7.93. The summed E-state index contributed by atoms with van der Waals surface area (Å²) in [5.41, 5.74) is 3.98. The highest BCUT2D eigenvalue weighted by Crippen LogP contribution is 2.50. The number of alkyl halides is 3. The number of pyridine rings is 1. The van der Waals surface area contributed by atoms with Gasteiger partial charge < -0.3 is 10.2 Å². The van der Waals surface area contributed by atoms with E-state index in [0.717, 1.165) is 67.0 Å². The van der Waals surface area contributed by atoms with Crippen molar-refractivity contribution in [3.05, 3.63) is 83.2 Å². The van der Waals surface area contributed by atoms with E-state index >= 15 is 0 Å². The molecule has 0 saturated heterocycles. The van der Waals surface area contributed by atoms with Crippen LogP contribution in [0.2, 0.25) is 0 Å². The molecule has 3 nitrogen and oxygen atoms in total. The fourth-order valence-corrected chi connectivity index (χ4v) is 5.62. The summed E-state index contributed by atoms with van der Waals surface area (Å²) in [6, 6.07) is 4.65. The molecular weight excluding hydrogens is 511 g/mol. The molecule has 0 radical (unpaired) electrons. The molecule has 1 heterocycles. The van der Waals surface area contributed by atoms with Crippen molar-refractivity contribution in [3.8, 4) is 0 Å². The van der Waals surface area contributed by atoms with Gasteiger partial charge in [0.25, 0.3) is 0 Å². The van der Waals surface area contributed by atoms with Crippen molar-refractivity contribution in [2.75, 3.05) is 0 Å². The van der Waals surface area contributed by atoms with Crippen molar-refractivity contribution in [3.63, 3.8) is 0 Å². The first-order chi connectivity index (χ1) is 18.7. The summed E-state index contributed by atoms with van der Waals surface area (Å²) < 4.78 is 39.2. The molecular formula is C34H48F3NO2. The maximum atomic E-state index is 13.1. The molecule has 6 heteroatoms. The SMILES string of the molecule is C=C.C=C(C)c1nc2c(c(C3CCCC3)c1C(O)c1ccc(C(F)(F)F)cc1)C(O)CC(C)(C)C2.CCC(C)C. The summed E-state index contributed by atoms with van der Waals surface area (Å²) in [5.74, 6) is 1.06. The topological polar surface area (TPSA) is 53.4 Å². The molecule has 0 amide bonds. The van der Waals surface area contributed by atoms with E-state index in [4.69, 9.17) is 4.98 Å². The molecule has 4 rings (SSSR count).